The van der Waals surface area contributed by atoms with Crippen LogP contribution in [0.25, 0.3) is 6.08 Å². The van der Waals surface area contributed by atoms with Crippen LogP contribution in [0.2, 0.25) is 0 Å². The summed E-state index contributed by atoms with van der Waals surface area (Å²) in [7, 11) is 1.56. The van der Waals surface area contributed by atoms with E-state index in [0.717, 1.165) is 16.7 Å². The Labute approximate surface area is 181 Å². The molecule has 2 amide bonds. The zero-order chi connectivity index (χ0) is 22.4. The summed E-state index contributed by atoms with van der Waals surface area (Å²) >= 11 is 0. The van der Waals surface area contributed by atoms with Crippen molar-refractivity contribution in [3.05, 3.63) is 94.6 Å². The maximum atomic E-state index is 13.0. The van der Waals surface area contributed by atoms with E-state index in [-0.39, 0.29) is 11.7 Å². The van der Waals surface area contributed by atoms with Gasteiger partial charge in [-0.15, -0.1) is 0 Å². The zero-order valence-corrected chi connectivity index (χ0v) is 18.1. The fraction of sp³-hybridized carbons (Fsp3) is 0.200. The largest absolute Gasteiger partial charge is 0.497 e. The molecule has 160 valence electrons. The van der Waals surface area contributed by atoms with Crippen LogP contribution in [-0.4, -0.2) is 18.9 Å². The van der Waals surface area contributed by atoms with Crippen molar-refractivity contribution in [1.29, 1.82) is 0 Å². The summed E-state index contributed by atoms with van der Waals surface area (Å²) < 4.78 is 10.5. The van der Waals surface area contributed by atoms with E-state index in [1.807, 2.05) is 32.9 Å². The van der Waals surface area contributed by atoms with Crippen LogP contribution < -0.4 is 15.4 Å². The van der Waals surface area contributed by atoms with E-state index in [1.54, 1.807) is 43.5 Å². The Morgan fingerprint density at radius 2 is 1.81 bits per heavy atom. The third kappa shape index (κ3) is 5.63. The van der Waals surface area contributed by atoms with Gasteiger partial charge in [0.1, 0.15) is 17.2 Å². The molecular formula is C25H26N2O4. The van der Waals surface area contributed by atoms with Gasteiger partial charge in [0, 0.05) is 11.6 Å². The lowest BCUT2D eigenvalue weighted by Gasteiger charge is -2.18. The first kappa shape index (κ1) is 21.9. The lowest BCUT2D eigenvalue weighted by molar-refractivity contribution is -0.118. The molecule has 6 heteroatoms. The van der Waals surface area contributed by atoms with Crippen molar-refractivity contribution >= 4 is 17.9 Å². The highest BCUT2D eigenvalue weighted by Gasteiger charge is 2.19. The number of carbonyl (C=O) groups excluding carboxylic acids is 2. The van der Waals surface area contributed by atoms with Crippen LogP contribution >= 0.6 is 0 Å². The summed E-state index contributed by atoms with van der Waals surface area (Å²) in [5, 5.41) is 5.66. The number of aryl methyl sites for hydroxylation is 2. The number of nitrogens with one attached hydrogen (secondary N) is 2. The number of methoxy groups -OCH3 is 1. The second kappa shape index (κ2) is 9.80. The molecule has 0 saturated carbocycles. The van der Waals surface area contributed by atoms with Gasteiger partial charge in [-0.2, -0.15) is 0 Å². The van der Waals surface area contributed by atoms with Gasteiger partial charge in [-0.1, -0.05) is 23.8 Å². The minimum absolute atomic E-state index is 0.0902. The molecule has 0 aliphatic carbocycles. The van der Waals surface area contributed by atoms with Gasteiger partial charge in [-0.05, 0) is 68.3 Å². The maximum Gasteiger partial charge on any atom is 0.268 e. The SMILES string of the molecule is COc1ccc(C(=O)N/C(=C\c2ccco2)C(=O)N[C@H](C)c2ccc(C)cc2C)cc1. The average molecular weight is 418 g/mol. The van der Waals surface area contributed by atoms with E-state index in [1.165, 1.54) is 12.3 Å². The fourth-order valence-corrected chi connectivity index (χ4v) is 3.27. The monoisotopic (exact) mass is 418 g/mol. The molecule has 31 heavy (non-hydrogen) atoms. The second-order valence-corrected chi connectivity index (χ2v) is 7.31. The standard InChI is InChI=1S/C25H26N2O4/c1-16-7-12-22(17(2)14-16)18(3)26-25(29)23(15-21-6-5-13-31-21)27-24(28)19-8-10-20(30-4)11-9-19/h5-15,18H,1-4H3,(H,26,29)(H,27,28)/b23-15-/t18-/m1/s1. The maximum absolute atomic E-state index is 13.0. The Bertz CT molecular complexity index is 1080. The number of rotatable bonds is 7. The smallest absolute Gasteiger partial charge is 0.268 e. The van der Waals surface area contributed by atoms with E-state index in [4.69, 9.17) is 9.15 Å². The lowest BCUT2D eigenvalue weighted by atomic mass is 10.00. The third-order valence-corrected chi connectivity index (χ3v) is 4.91. The van der Waals surface area contributed by atoms with Gasteiger partial charge in [0.25, 0.3) is 11.8 Å². The minimum atomic E-state index is -0.411. The average Bonchev–Trinajstić information content (AvgIpc) is 3.26. The van der Waals surface area contributed by atoms with Crippen molar-refractivity contribution < 1.29 is 18.7 Å². The highest BCUT2D eigenvalue weighted by Crippen LogP contribution is 2.19. The van der Waals surface area contributed by atoms with Crippen LogP contribution in [0.3, 0.4) is 0 Å². The Hall–Kier alpha value is -3.80. The van der Waals surface area contributed by atoms with Crippen LogP contribution in [0.5, 0.6) is 5.75 Å². The summed E-state index contributed by atoms with van der Waals surface area (Å²) in [5.41, 5.74) is 3.75. The molecule has 3 aromatic rings. The van der Waals surface area contributed by atoms with Gasteiger partial charge in [0.15, 0.2) is 0 Å². The topological polar surface area (TPSA) is 80.6 Å². The molecule has 1 atom stereocenters. The molecule has 2 aromatic carbocycles. The molecule has 6 nitrogen and oxygen atoms in total. The van der Waals surface area contributed by atoms with Crippen molar-refractivity contribution in [1.82, 2.24) is 10.6 Å². The molecule has 0 fully saturated rings. The van der Waals surface area contributed by atoms with Gasteiger partial charge >= 0.3 is 0 Å². The number of carbonyl (C=O) groups is 2. The normalized spacial score (nSPS) is 12.2. The molecule has 0 saturated heterocycles. The van der Waals surface area contributed by atoms with E-state index in [2.05, 4.69) is 16.7 Å². The Balaban J connectivity index is 1.81. The van der Waals surface area contributed by atoms with E-state index in [9.17, 15) is 9.59 Å². The Morgan fingerprint density at radius 1 is 1.06 bits per heavy atom. The first-order chi connectivity index (χ1) is 14.9. The molecule has 1 heterocycles. The quantitative estimate of drug-likeness (QED) is 0.552. The summed E-state index contributed by atoms with van der Waals surface area (Å²) in [6.07, 6.45) is 3.01. The number of amides is 2. The van der Waals surface area contributed by atoms with Crippen LogP contribution in [0, 0.1) is 13.8 Å². The molecular weight excluding hydrogens is 392 g/mol. The molecule has 3 rings (SSSR count). The highest BCUT2D eigenvalue weighted by atomic mass is 16.5. The first-order valence-electron chi connectivity index (χ1n) is 9.96. The zero-order valence-electron chi connectivity index (χ0n) is 18.1. The molecule has 1 aromatic heterocycles. The van der Waals surface area contributed by atoms with Crippen molar-refractivity contribution in [3.63, 3.8) is 0 Å². The van der Waals surface area contributed by atoms with Gasteiger partial charge in [0.2, 0.25) is 0 Å². The van der Waals surface area contributed by atoms with Crippen molar-refractivity contribution in [2.75, 3.05) is 7.11 Å². The lowest BCUT2D eigenvalue weighted by Crippen LogP contribution is -2.36. The summed E-state index contributed by atoms with van der Waals surface area (Å²) in [4.78, 5) is 25.8. The van der Waals surface area contributed by atoms with E-state index >= 15 is 0 Å². The van der Waals surface area contributed by atoms with Crippen molar-refractivity contribution in [3.8, 4) is 5.75 Å². The first-order valence-corrected chi connectivity index (χ1v) is 9.96. The molecule has 2 N–H and O–H groups in total. The van der Waals surface area contributed by atoms with Crippen molar-refractivity contribution in [2.24, 2.45) is 0 Å². The van der Waals surface area contributed by atoms with Gasteiger partial charge in [-0.3, -0.25) is 9.59 Å². The van der Waals surface area contributed by atoms with Crippen LogP contribution in [0.4, 0.5) is 0 Å². The predicted molar refractivity (Wildman–Crippen MR) is 120 cm³/mol. The van der Waals surface area contributed by atoms with Crippen LogP contribution in [0.1, 0.15) is 45.8 Å². The van der Waals surface area contributed by atoms with Crippen molar-refractivity contribution in [2.45, 2.75) is 26.8 Å². The van der Waals surface area contributed by atoms with Gasteiger partial charge < -0.3 is 19.8 Å². The summed E-state index contributed by atoms with van der Waals surface area (Å²) in [5.74, 6) is 0.280. The Kier molecular flexibility index (Phi) is 6.92. The molecule has 0 aliphatic heterocycles. The number of hydrogen-bond acceptors (Lipinski definition) is 4. The predicted octanol–water partition coefficient (Wildman–Crippen LogP) is 4.55. The number of hydrogen-bond donors (Lipinski definition) is 2. The second-order valence-electron chi connectivity index (χ2n) is 7.31. The van der Waals surface area contributed by atoms with Crippen LogP contribution in [-0.2, 0) is 4.79 Å². The molecule has 0 bridgehead atoms. The minimum Gasteiger partial charge on any atom is -0.497 e. The highest BCUT2D eigenvalue weighted by molar-refractivity contribution is 6.05. The summed E-state index contributed by atoms with van der Waals surface area (Å²) in [6.45, 7) is 5.94. The molecule has 0 unspecified atom stereocenters. The number of furan rings is 1. The number of ether oxygens (including phenoxy) is 1. The van der Waals surface area contributed by atoms with E-state index in [0.29, 0.717) is 17.1 Å². The molecule has 0 spiro atoms. The van der Waals surface area contributed by atoms with E-state index < -0.39 is 11.8 Å². The van der Waals surface area contributed by atoms with Crippen LogP contribution in [0.15, 0.2) is 71.0 Å². The third-order valence-electron chi connectivity index (χ3n) is 4.91. The molecule has 0 aliphatic rings. The van der Waals surface area contributed by atoms with Gasteiger partial charge in [-0.25, -0.2) is 0 Å². The number of benzene rings is 2. The molecule has 0 radical (unpaired) electrons. The summed E-state index contributed by atoms with van der Waals surface area (Å²) in [6, 6.07) is 15.9. The van der Waals surface area contributed by atoms with Gasteiger partial charge in [0.05, 0.1) is 19.4 Å². The fourth-order valence-electron chi connectivity index (χ4n) is 3.27. The Morgan fingerprint density at radius 3 is 2.42 bits per heavy atom.